The van der Waals surface area contributed by atoms with Crippen molar-refractivity contribution in [3.05, 3.63) is 48.0 Å². The third-order valence-electron chi connectivity index (χ3n) is 5.82. The summed E-state index contributed by atoms with van der Waals surface area (Å²) in [4.78, 5) is 23.4. The zero-order chi connectivity index (χ0) is 20.6. The molecular weight excluding hydrogens is 383 g/mol. The number of aromatic nitrogens is 2. The molecule has 0 N–H and O–H groups in total. The van der Waals surface area contributed by atoms with Gasteiger partial charge in [-0.1, -0.05) is 0 Å². The molecular formula is C20H24F3N5O. The van der Waals surface area contributed by atoms with Crippen LogP contribution in [-0.2, 0) is 24.6 Å². The first-order valence-electron chi connectivity index (χ1n) is 9.74. The van der Waals surface area contributed by atoms with Crippen LogP contribution in [0.4, 0.5) is 18.9 Å². The van der Waals surface area contributed by atoms with Crippen LogP contribution in [0.25, 0.3) is 0 Å². The summed E-state index contributed by atoms with van der Waals surface area (Å²) in [6.45, 7) is 4.62. The van der Waals surface area contributed by atoms with Gasteiger partial charge in [0.25, 0.3) is 0 Å². The number of amides is 1. The highest BCUT2D eigenvalue weighted by molar-refractivity contribution is 5.99. The predicted molar refractivity (Wildman–Crippen MR) is 102 cm³/mol. The molecule has 9 heteroatoms. The third kappa shape index (κ3) is 4.16. The van der Waals surface area contributed by atoms with E-state index in [1.807, 2.05) is 17.8 Å². The van der Waals surface area contributed by atoms with E-state index in [4.69, 9.17) is 0 Å². The highest BCUT2D eigenvalue weighted by atomic mass is 19.4. The summed E-state index contributed by atoms with van der Waals surface area (Å²) in [6.07, 6.45) is 0.0428. The van der Waals surface area contributed by atoms with Crippen LogP contribution in [0.5, 0.6) is 0 Å². The van der Waals surface area contributed by atoms with E-state index in [2.05, 4.69) is 14.8 Å². The van der Waals surface area contributed by atoms with Crippen molar-refractivity contribution >= 4 is 11.6 Å². The van der Waals surface area contributed by atoms with E-state index in [1.165, 1.54) is 12.1 Å². The van der Waals surface area contributed by atoms with Gasteiger partial charge in [-0.05, 0) is 30.7 Å². The van der Waals surface area contributed by atoms with Gasteiger partial charge in [0, 0.05) is 57.9 Å². The van der Waals surface area contributed by atoms with Crippen molar-refractivity contribution in [1.82, 2.24) is 19.4 Å². The number of alkyl halides is 3. The Hall–Kier alpha value is -2.39. The van der Waals surface area contributed by atoms with E-state index in [1.54, 1.807) is 11.1 Å². The maximum atomic E-state index is 12.9. The smallest absolute Gasteiger partial charge is 0.337 e. The lowest BCUT2D eigenvalue weighted by atomic mass is 10.1. The largest absolute Gasteiger partial charge is 0.416 e. The van der Waals surface area contributed by atoms with E-state index in [0.717, 1.165) is 50.7 Å². The van der Waals surface area contributed by atoms with Crippen LogP contribution in [0.2, 0.25) is 0 Å². The number of carbonyl (C=O) groups excluding carboxylic acids is 1. The van der Waals surface area contributed by atoms with Crippen molar-refractivity contribution in [3.8, 4) is 0 Å². The highest BCUT2D eigenvalue weighted by Crippen LogP contribution is 2.32. The molecule has 156 valence electrons. The van der Waals surface area contributed by atoms with Gasteiger partial charge in [0.2, 0.25) is 5.91 Å². The van der Waals surface area contributed by atoms with Crippen molar-refractivity contribution in [2.75, 3.05) is 37.6 Å². The average Bonchev–Trinajstić information content (AvgIpc) is 3.27. The Labute approximate surface area is 167 Å². The highest BCUT2D eigenvalue weighted by Gasteiger charge is 2.38. The fourth-order valence-electron chi connectivity index (χ4n) is 4.07. The van der Waals surface area contributed by atoms with Crippen LogP contribution in [0.15, 0.2) is 36.7 Å². The van der Waals surface area contributed by atoms with Gasteiger partial charge < -0.3 is 9.47 Å². The van der Waals surface area contributed by atoms with Crippen LogP contribution in [0, 0.1) is 0 Å². The lowest BCUT2D eigenvalue weighted by Crippen LogP contribution is -2.52. The quantitative estimate of drug-likeness (QED) is 0.781. The third-order valence-corrected chi connectivity index (χ3v) is 5.82. The Morgan fingerprint density at radius 2 is 1.76 bits per heavy atom. The van der Waals surface area contributed by atoms with Crippen LogP contribution in [0.3, 0.4) is 0 Å². The number of hydrogen-bond acceptors (Lipinski definition) is 4. The summed E-state index contributed by atoms with van der Waals surface area (Å²) >= 11 is 0. The van der Waals surface area contributed by atoms with E-state index in [-0.39, 0.29) is 11.9 Å². The minimum atomic E-state index is -4.37. The molecule has 3 heterocycles. The second kappa shape index (κ2) is 7.79. The van der Waals surface area contributed by atoms with Gasteiger partial charge in [-0.25, -0.2) is 4.98 Å². The molecule has 1 atom stereocenters. The fourth-order valence-corrected chi connectivity index (χ4v) is 4.07. The van der Waals surface area contributed by atoms with Crippen molar-refractivity contribution < 1.29 is 18.0 Å². The van der Waals surface area contributed by atoms with Gasteiger partial charge in [0.1, 0.15) is 5.82 Å². The molecule has 1 aromatic heterocycles. The zero-order valence-corrected chi connectivity index (χ0v) is 16.3. The molecule has 1 aromatic carbocycles. The van der Waals surface area contributed by atoms with Crippen molar-refractivity contribution in [2.24, 2.45) is 7.05 Å². The van der Waals surface area contributed by atoms with Gasteiger partial charge >= 0.3 is 6.18 Å². The predicted octanol–water partition coefficient (Wildman–Crippen LogP) is 2.36. The molecule has 0 saturated carbocycles. The molecule has 6 nitrogen and oxygen atoms in total. The number of rotatable bonds is 4. The van der Waals surface area contributed by atoms with Crippen LogP contribution >= 0.6 is 0 Å². The number of halogens is 3. The number of carbonyl (C=O) groups is 1. The van der Waals surface area contributed by atoms with E-state index in [9.17, 15) is 18.0 Å². The Morgan fingerprint density at radius 1 is 1.07 bits per heavy atom. The Morgan fingerprint density at radius 3 is 2.34 bits per heavy atom. The molecule has 2 saturated heterocycles. The van der Waals surface area contributed by atoms with E-state index < -0.39 is 11.7 Å². The first-order chi connectivity index (χ1) is 13.8. The minimum Gasteiger partial charge on any atom is -0.337 e. The number of anilines is 1. The Bertz CT molecular complexity index is 856. The zero-order valence-electron chi connectivity index (χ0n) is 16.3. The molecule has 2 aliphatic rings. The lowest BCUT2D eigenvalue weighted by molar-refractivity contribution is -0.137. The number of hydrogen-bond donors (Lipinski definition) is 0. The number of nitrogens with zero attached hydrogens (tertiary/aromatic N) is 5. The molecule has 2 fully saturated rings. The molecule has 2 aliphatic heterocycles. The van der Waals surface area contributed by atoms with E-state index >= 15 is 0 Å². The Balaban J connectivity index is 1.34. The number of piperazine rings is 1. The number of benzene rings is 1. The molecule has 2 aromatic rings. The molecule has 29 heavy (non-hydrogen) atoms. The van der Waals surface area contributed by atoms with Gasteiger partial charge in [-0.3, -0.25) is 14.6 Å². The van der Waals surface area contributed by atoms with Crippen LogP contribution in [-0.4, -0.2) is 64.0 Å². The second-order valence-electron chi connectivity index (χ2n) is 7.61. The summed E-state index contributed by atoms with van der Waals surface area (Å²) in [5.74, 6) is 0.992. The molecule has 0 aliphatic carbocycles. The Kier molecular flexibility index (Phi) is 5.35. The summed E-state index contributed by atoms with van der Waals surface area (Å²) < 4.78 is 40.3. The minimum absolute atomic E-state index is 0.0256. The SMILES string of the molecule is Cn1ccnc1CN1CCN(C2CCN(c3ccc(C(F)(F)F)cc3)C2=O)CC1. The maximum Gasteiger partial charge on any atom is 0.416 e. The van der Waals surface area contributed by atoms with Crippen molar-refractivity contribution in [2.45, 2.75) is 25.2 Å². The monoisotopic (exact) mass is 407 g/mol. The summed E-state index contributed by atoms with van der Waals surface area (Å²) in [5.41, 5.74) is -0.174. The number of imidazole rings is 1. The fraction of sp³-hybridized carbons (Fsp3) is 0.500. The van der Waals surface area contributed by atoms with E-state index in [0.29, 0.717) is 18.7 Å². The maximum absolute atomic E-state index is 12.9. The summed E-state index contributed by atoms with van der Waals surface area (Å²) in [7, 11) is 1.98. The van der Waals surface area contributed by atoms with Crippen molar-refractivity contribution in [3.63, 3.8) is 0 Å². The normalized spacial score (nSPS) is 21.9. The topological polar surface area (TPSA) is 44.6 Å². The number of aryl methyl sites for hydroxylation is 1. The molecule has 4 rings (SSSR count). The van der Waals surface area contributed by atoms with Crippen LogP contribution in [0.1, 0.15) is 17.8 Å². The average molecular weight is 407 g/mol. The molecule has 1 amide bonds. The summed E-state index contributed by atoms with van der Waals surface area (Å²) in [5, 5.41) is 0. The second-order valence-corrected chi connectivity index (χ2v) is 7.61. The molecule has 0 spiro atoms. The van der Waals surface area contributed by atoms with Gasteiger partial charge in [-0.2, -0.15) is 13.2 Å². The van der Waals surface area contributed by atoms with Crippen LogP contribution < -0.4 is 4.90 Å². The van der Waals surface area contributed by atoms with Gasteiger partial charge in [0.15, 0.2) is 0 Å². The first-order valence-corrected chi connectivity index (χ1v) is 9.74. The molecule has 0 bridgehead atoms. The lowest BCUT2D eigenvalue weighted by Gasteiger charge is -2.37. The molecule has 0 radical (unpaired) electrons. The van der Waals surface area contributed by atoms with Crippen molar-refractivity contribution in [1.29, 1.82) is 0 Å². The summed E-state index contributed by atoms with van der Waals surface area (Å²) in [6, 6.07) is 4.63. The van der Waals surface area contributed by atoms with Gasteiger partial charge in [0.05, 0.1) is 18.2 Å². The van der Waals surface area contributed by atoms with Gasteiger partial charge in [-0.15, -0.1) is 0 Å². The first kappa shape index (κ1) is 19.9. The standard InChI is InChI=1S/C20H24F3N5O/c1-25-9-7-24-18(25)14-26-10-12-27(13-11-26)17-6-8-28(19(17)29)16-4-2-15(3-5-16)20(21,22)23/h2-5,7,9,17H,6,8,10-14H2,1H3. The molecule has 1 unspecified atom stereocenters.